The summed E-state index contributed by atoms with van der Waals surface area (Å²) < 4.78 is 5.76. The van der Waals surface area contributed by atoms with Crippen LogP contribution in [0.15, 0.2) is 4.60 Å². The van der Waals surface area contributed by atoms with Gasteiger partial charge in [-0.3, -0.25) is 0 Å². The Labute approximate surface area is 89.6 Å². The van der Waals surface area contributed by atoms with E-state index in [1.807, 2.05) is 6.92 Å². The number of H-pyrrole nitrogens is 1. The van der Waals surface area contributed by atoms with Crippen LogP contribution in [0, 0.1) is 6.92 Å². The molecular formula is C8H11BrN2O3. The second-order valence-electron chi connectivity index (χ2n) is 2.88. The van der Waals surface area contributed by atoms with Crippen LogP contribution in [0.3, 0.4) is 0 Å². The predicted molar refractivity (Wildman–Crippen MR) is 53.0 cm³/mol. The molecule has 1 unspecified atom stereocenters. The summed E-state index contributed by atoms with van der Waals surface area (Å²) in [4.78, 5) is 17.4. The van der Waals surface area contributed by atoms with E-state index in [1.54, 1.807) is 6.92 Å². The molecule has 0 bridgehead atoms. The largest absolute Gasteiger partial charge is 0.480 e. The van der Waals surface area contributed by atoms with Crippen LogP contribution in [0.2, 0.25) is 0 Å². The molecule has 78 valence electrons. The fraction of sp³-hybridized carbons (Fsp3) is 0.500. The van der Waals surface area contributed by atoms with Gasteiger partial charge in [0.15, 0.2) is 0 Å². The van der Waals surface area contributed by atoms with Crippen molar-refractivity contribution in [3.05, 3.63) is 16.1 Å². The molecule has 5 nitrogen and oxygen atoms in total. The number of carboxylic acid groups (broad SMARTS) is 1. The number of rotatable bonds is 4. The lowest BCUT2D eigenvalue weighted by atomic mass is 10.4. The molecule has 0 aromatic carbocycles. The lowest BCUT2D eigenvalue weighted by molar-refractivity contribution is -0.144. The number of nitrogens with zero attached hydrogens (tertiary/aromatic N) is 1. The smallest absolute Gasteiger partial charge is 0.329 e. The van der Waals surface area contributed by atoms with E-state index in [0.29, 0.717) is 5.82 Å². The summed E-state index contributed by atoms with van der Waals surface area (Å²) in [5.41, 5.74) is 0.894. The summed E-state index contributed by atoms with van der Waals surface area (Å²) in [6.07, 6.45) is -0.351. The number of carbonyl (C=O) groups is 1. The number of imidazole rings is 1. The molecule has 0 spiro atoms. The normalized spacial score (nSPS) is 12.8. The lowest BCUT2D eigenvalue weighted by Gasteiger charge is -2.07. The molecule has 1 aromatic heterocycles. The zero-order valence-corrected chi connectivity index (χ0v) is 9.46. The molecule has 1 atom stereocenters. The number of halogens is 1. The third kappa shape index (κ3) is 2.81. The molecule has 6 heteroatoms. The molecule has 0 saturated carbocycles. The highest BCUT2D eigenvalue weighted by molar-refractivity contribution is 9.10. The highest BCUT2D eigenvalue weighted by Crippen LogP contribution is 2.18. The Kier molecular flexibility index (Phi) is 3.65. The van der Waals surface area contributed by atoms with E-state index in [0.717, 1.165) is 10.3 Å². The second kappa shape index (κ2) is 4.56. The molecule has 1 rings (SSSR count). The number of ether oxygens (including phenoxy) is 1. The van der Waals surface area contributed by atoms with E-state index >= 15 is 0 Å². The highest BCUT2D eigenvalue weighted by atomic mass is 79.9. The number of aromatic amines is 1. The summed E-state index contributed by atoms with van der Waals surface area (Å²) >= 11 is 3.25. The van der Waals surface area contributed by atoms with Crippen LogP contribution < -0.4 is 0 Å². The number of nitrogens with one attached hydrogen (secondary N) is 1. The average Bonchev–Trinajstić information content (AvgIpc) is 2.43. The van der Waals surface area contributed by atoms with Crippen LogP contribution in [-0.2, 0) is 9.53 Å². The average molecular weight is 263 g/mol. The number of aliphatic carboxylic acids is 1. The molecule has 14 heavy (non-hydrogen) atoms. The van der Waals surface area contributed by atoms with Crippen molar-refractivity contribution in [1.29, 1.82) is 0 Å². The van der Waals surface area contributed by atoms with Gasteiger partial charge < -0.3 is 14.8 Å². The van der Waals surface area contributed by atoms with Crippen LogP contribution in [0.4, 0.5) is 0 Å². The van der Waals surface area contributed by atoms with E-state index in [-0.39, 0.29) is 12.7 Å². The van der Waals surface area contributed by atoms with Crippen molar-refractivity contribution in [2.75, 3.05) is 6.61 Å². The fourth-order valence-electron chi connectivity index (χ4n) is 0.929. The van der Waals surface area contributed by atoms with Crippen molar-refractivity contribution < 1.29 is 14.6 Å². The van der Waals surface area contributed by atoms with Crippen molar-refractivity contribution in [1.82, 2.24) is 9.97 Å². The van der Waals surface area contributed by atoms with Crippen LogP contribution in [-0.4, -0.2) is 27.7 Å². The minimum Gasteiger partial charge on any atom is -0.480 e. The maximum absolute atomic E-state index is 10.2. The first-order valence-electron chi connectivity index (χ1n) is 4.06. The molecule has 0 saturated heterocycles. The molecule has 0 aliphatic rings. The summed E-state index contributed by atoms with van der Waals surface area (Å²) in [7, 11) is 0. The number of aromatic nitrogens is 2. The third-order valence-electron chi connectivity index (χ3n) is 1.69. The Hall–Kier alpha value is -0.880. The fourth-order valence-corrected chi connectivity index (χ4v) is 1.22. The van der Waals surface area contributed by atoms with Gasteiger partial charge in [-0.2, -0.15) is 0 Å². The Morgan fingerprint density at radius 3 is 2.86 bits per heavy atom. The number of hydrogen-bond donors (Lipinski definition) is 2. The molecule has 1 heterocycles. The van der Waals surface area contributed by atoms with Crippen molar-refractivity contribution in [3.8, 4) is 0 Å². The summed E-state index contributed by atoms with van der Waals surface area (Å²) in [5.74, 6) is -0.366. The minimum atomic E-state index is -0.987. The Morgan fingerprint density at radius 2 is 2.43 bits per heavy atom. The van der Waals surface area contributed by atoms with Crippen molar-refractivity contribution in [2.24, 2.45) is 0 Å². The Morgan fingerprint density at radius 1 is 1.79 bits per heavy atom. The highest BCUT2D eigenvalue weighted by Gasteiger charge is 2.13. The first kappa shape index (κ1) is 11.2. The third-order valence-corrected chi connectivity index (χ3v) is 2.46. The van der Waals surface area contributed by atoms with Crippen LogP contribution in [0.5, 0.6) is 0 Å². The second-order valence-corrected chi connectivity index (χ2v) is 3.64. The predicted octanol–water partition coefficient (Wildman–Crippen LogP) is 1.64. The van der Waals surface area contributed by atoms with Crippen molar-refractivity contribution in [3.63, 3.8) is 0 Å². The van der Waals surface area contributed by atoms with Crippen LogP contribution >= 0.6 is 15.9 Å². The van der Waals surface area contributed by atoms with Crippen molar-refractivity contribution in [2.45, 2.75) is 20.0 Å². The zero-order chi connectivity index (χ0) is 10.7. The van der Waals surface area contributed by atoms with E-state index in [9.17, 15) is 4.79 Å². The van der Waals surface area contributed by atoms with Crippen molar-refractivity contribution >= 4 is 21.9 Å². The number of aryl methyl sites for hydroxylation is 1. The first-order chi connectivity index (χ1) is 6.50. The summed E-state index contributed by atoms with van der Waals surface area (Å²) in [6, 6.07) is 0. The van der Waals surface area contributed by atoms with Crippen LogP contribution in [0.25, 0.3) is 0 Å². The Bertz CT molecular complexity index is 318. The SMILES string of the molecule is Cc1[nH]c(C(C)OCC(=O)O)nc1Br. The molecule has 0 amide bonds. The van der Waals surface area contributed by atoms with Gasteiger partial charge in [0.2, 0.25) is 0 Å². The molecule has 1 aromatic rings. The Balaban J connectivity index is 2.60. The first-order valence-corrected chi connectivity index (χ1v) is 4.85. The maximum atomic E-state index is 10.2. The quantitative estimate of drug-likeness (QED) is 0.865. The van der Waals surface area contributed by atoms with Gasteiger partial charge in [0, 0.05) is 5.69 Å². The van der Waals surface area contributed by atoms with E-state index in [4.69, 9.17) is 9.84 Å². The number of hydrogen-bond acceptors (Lipinski definition) is 3. The van der Waals surface area contributed by atoms with E-state index < -0.39 is 5.97 Å². The topological polar surface area (TPSA) is 75.2 Å². The monoisotopic (exact) mass is 262 g/mol. The van der Waals surface area contributed by atoms with Gasteiger partial charge in [0.25, 0.3) is 0 Å². The van der Waals surface area contributed by atoms with E-state index in [2.05, 4.69) is 25.9 Å². The zero-order valence-electron chi connectivity index (χ0n) is 7.87. The van der Waals surface area contributed by atoms with Gasteiger partial charge in [-0.05, 0) is 29.8 Å². The maximum Gasteiger partial charge on any atom is 0.329 e. The number of carboxylic acids is 1. The van der Waals surface area contributed by atoms with Gasteiger partial charge >= 0.3 is 5.97 Å². The van der Waals surface area contributed by atoms with Crippen LogP contribution in [0.1, 0.15) is 24.5 Å². The summed E-state index contributed by atoms with van der Waals surface area (Å²) in [6.45, 7) is 3.29. The standard InChI is InChI=1S/C8H11BrN2O3/c1-4-7(9)11-8(10-4)5(2)14-3-6(12)13/h5H,3H2,1-2H3,(H,10,11)(H,12,13). The van der Waals surface area contributed by atoms with Gasteiger partial charge in [0.05, 0.1) is 0 Å². The summed E-state index contributed by atoms with van der Waals surface area (Å²) in [5, 5.41) is 8.40. The van der Waals surface area contributed by atoms with Gasteiger partial charge in [0.1, 0.15) is 23.1 Å². The molecule has 0 radical (unpaired) electrons. The van der Waals surface area contributed by atoms with Gasteiger partial charge in [-0.15, -0.1) is 0 Å². The molecule has 0 fully saturated rings. The lowest BCUT2D eigenvalue weighted by Crippen LogP contribution is -2.10. The van der Waals surface area contributed by atoms with E-state index in [1.165, 1.54) is 0 Å². The molecule has 2 N–H and O–H groups in total. The molecule has 0 aliphatic carbocycles. The molecular weight excluding hydrogens is 252 g/mol. The van der Waals surface area contributed by atoms with Gasteiger partial charge in [-0.1, -0.05) is 0 Å². The van der Waals surface area contributed by atoms with Gasteiger partial charge in [-0.25, -0.2) is 9.78 Å². The minimum absolute atomic E-state index is 0.321. The molecule has 0 aliphatic heterocycles.